The second-order valence-corrected chi connectivity index (χ2v) is 11.4. The van der Waals surface area contributed by atoms with E-state index in [-0.39, 0.29) is 5.91 Å². The van der Waals surface area contributed by atoms with E-state index in [1.165, 1.54) is 46.5 Å². The predicted octanol–water partition coefficient (Wildman–Crippen LogP) is 1.14. The Bertz CT molecular complexity index is 1370. The van der Waals surface area contributed by atoms with Gasteiger partial charge in [0.15, 0.2) is 20.7 Å². The van der Waals surface area contributed by atoms with Gasteiger partial charge in [-0.2, -0.15) is 0 Å². The Balaban J connectivity index is 1.38. The van der Waals surface area contributed by atoms with Crippen LogP contribution in [0.4, 0.5) is 5.13 Å². The highest BCUT2D eigenvalue weighted by Crippen LogP contribution is 2.32. The Hall–Kier alpha value is -2.27. The molecule has 1 N–H and O–H groups in total. The van der Waals surface area contributed by atoms with Gasteiger partial charge in [0.2, 0.25) is 11.0 Å². The zero-order valence-electron chi connectivity index (χ0n) is 19.3. The summed E-state index contributed by atoms with van der Waals surface area (Å²) >= 11 is 9.34. The van der Waals surface area contributed by atoms with Gasteiger partial charge < -0.3 is 19.5 Å². The molecule has 12 nitrogen and oxygen atoms in total. The number of thiocarbonyl (C=S) groups is 1. The van der Waals surface area contributed by atoms with E-state index in [0.29, 0.717) is 57.7 Å². The summed E-state index contributed by atoms with van der Waals surface area (Å²) in [6.45, 7) is 5.27. The van der Waals surface area contributed by atoms with Gasteiger partial charge in [-0.25, -0.2) is 9.78 Å². The molecule has 0 spiro atoms. The molecular weight excluding hydrogens is 533 g/mol. The summed E-state index contributed by atoms with van der Waals surface area (Å²) in [6, 6.07) is 0. The number of fused-ring (bicyclic) bond motifs is 1. The Morgan fingerprint density at radius 3 is 2.66 bits per heavy atom. The molecule has 1 amide bonds. The number of amides is 1. The molecule has 1 saturated heterocycles. The summed E-state index contributed by atoms with van der Waals surface area (Å²) < 4.78 is 10.8. The molecule has 35 heavy (non-hydrogen) atoms. The minimum absolute atomic E-state index is 0.172. The lowest BCUT2D eigenvalue weighted by molar-refractivity contribution is -0.115. The number of nitrogens with one attached hydrogen (secondary N) is 1. The van der Waals surface area contributed by atoms with Crippen molar-refractivity contribution in [3.63, 3.8) is 0 Å². The second kappa shape index (κ2) is 11.2. The molecule has 4 rings (SSSR count). The quantitative estimate of drug-likeness (QED) is 0.332. The third kappa shape index (κ3) is 5.61. The van der Waals surface area contributed by atoms with E-state index in [1.807, 2.05) is 6.92 Å². The van der Waals surface area contributed by atoms with Crippen molar-refractivity contribution in [1.82, 2.24) is 33.8 Å². The molecule has 1 aliphatic heterocycles. The van der Waals surface area contributed by atoms with Crippen LogP contribution in [0.15, 0.2) is 19.1 Å². The first kappa shape index (κ1) is 25.8. The molecule has 1 fully saturated rings. The Morgan fingerprint density at radius 1 is 1.20 bits per heavy atom. The van der Waals surface area contributed by atoms with Crippen molar-refractivity contribution in [2.75, 3.05) is 37.4 Å². The number of carbonyl (C=O) groups excluding carboxylic acids is 1. The van der Waals surface area contributed by atoms with E-state index in [9.17, 15) is 14.4 Å². The summed E-state index contributed by atoms with van der Waals surface area (Å²) in [5.41, 5.74) is -0.178. The first-order valence-electron chi connectivity index (χ1n) is 10.8. The van der Waals surface area contributed by atoms with Crippen LogP contribution in [0.2, 0.25) is 0 Å². The first-order valence-corrected chi connectivity index (χ1v) is 13.8. The lowest BCUT2D eigenvalue weighted by Crippen LogP contribution is -2.38. The maximum atomic E-state index is 12.7. The summed E-state index contributed by atoms with van der Waals surface area (Å²) in [5.74, 6) is 0.394. The topological polar surface area (TPSA) is 129 Å². The average molecular weight is 557 g/mol. The van der Waals surface area contributed by atoms with E-state index in [4.69, 9.17) is 17.0 Å². The highest BCUT2D eigenvalue weighted by atomic mass is 32.2. The molecule has 0 atom stereocenters. The predicted molar refractivity (Wildman–Crippen MR) is 141 cm³/mol. The van der Waals surface area contributed by atoms with Crippen LogP contribution in [0.25, 0.3) is 11.2 Å². The number of thioether (sulfide) groups is 1. The monoisotopic (exact) mass is 556 g/mol. The molecule has 0 unspecified atom stereocenters. The second-order valence-electron chi connectivity index (χ2n) is 7.50. The molecule has 4 heterocycles. The van der Waals surface area contributed by atoms with Crippen molar-refractivity contribution < 1.29 is 9.53 Å². The summed E-state index contributed by atoms with van der Waals surface area (Å²) in [6.07, 6.45) is 0.292. The van der Waals surface area contributed by atoms with Gasteiger partial charge in [0.05, 0.1) is 13.2 Å². The van der Waals surface area contributed by atoms with Crippen LogP contribution >= 0.6 is 47.1 Å². The highest BCUT2D eigenvalue weighted by Gasteiger charge is 2.20. The molecule has 0 aromatic carbocycles. The molecule has 16 heteroatoms. The van der Waals surface area contributed by atoms with Crippen LogP contribution in [0.1, 0.15) is 13.3 Å². The van der Waals surface area contributed by atoms with Gasteiger partial charge in [0.25, 0.3) is 5.56 Å². The third-order valence-corrected chi connectivity index (χ3v) is 8.69. The Labute approximate surface area is 218 Å². The molecular formula is C19H24N8O4S4. The molecule has 0 aliphatic carbocycles. The molecule has 188 valence electrons. The van der Waals surface area contributed by atoms with E-state index in [0.717, 1.165) is 22.0 Å². The van der Waals surface area contributed by atoms with Crippen LogP contribution in [-0.2, 0) is 30.2 Å². The van der Waals surface area contributed by atoms with Gasteiger partial charge in [0.1, 0.15) is 4.32 Å². The lowest BCUT2D eigenvalue weighted by atomic mass is 10.5. The normalized spacial score (nSPS) is 14.0. The van der Waals surface area contributed by atoms with Crippen molar-refractivity contribution >= 4 is 73.6 Å². The first-order chi connectivity index (χ1) is 16.8. The van der Waals surface area contributed by atoms with Crippen molar-refractivity contribution in [3.8, 4) is 0 Å². The number of morpholine rings is 1. The average Bonchev–Trinajstić information content (AvgIpc) is 3.45. The highest BCUT2D eigenvalue weighted by molar-refractivity contribution is 8.22. The summed E-state index contributed by atoms with van der Waals surface area (Å²) in [7, 11) is 3.02. The number of aromatic nitrogens is 6. The van der Waals surface area contributed by atoms with Crippen molar-refractivity contribution in [2.45, 2.75) is 29.4 Å². The fraction of sp³-hybridized carbons (Fsp3) is 0.526. The summed E-state index contributed by atoms with van der Waals surface area (Å²) in [4.78, 5) is 43.9. The molecule has 3 aromatic heterocycles. The van der Waals surface area contributed by atoms with Crippen LogP contribution in [0.3, 0.4) is 0 Å². The number of rotatable bonds is 7. The van der Waals surface area contributed by atoms with Crippen LogP contribution in [-0.4, -0.2) is 76.1 Å². The minimum Gasteiger partial charge on any atom is -0.378 e. The van der Waals surface area contributed by atoms with E-state index >= 15 is 0 Å². The Kier molecular flexibility index (Phi) is 8.26. The molecule has 0 bridgehead atoms. The SMILES string of the molecule is CCn1c(Sc2nnc(NC(=O)CCSC(=S)N3CCOCC3)s2)nc2c1c(=O)n(C)c(=O)n2C. The standard InChI is InChI=1S/C19H24N8O4S4/c1-4-27-12-13(24(2)18(30)25(3)14(12)29)21-16(27)35-17-23-22-15(34-17)20-11(28)5-10-33-19(32)26-6-8-31-9-7-26/h4-10H2,1-3H3,(H,20,22,28). The molecule has 0 saturated carbocycles. The number of ether oxygens (including phenoxy) is 1. The number of nitrogens with zero attached hydrogens (tertiary/aromatic N) is 7. The number of hydrogen-bond acceptors (Lipinski definition) is 11. The number of carbonyl (C=O) groups is 1. The fourth-order valence-corrected chi connectivity index (χ4v) is 6.51. The van der Waals surface area contributed by atoms with Crippen molar-refractivity contribution in [2.24, 2.45) is 14.1 Å². The number of hydrogen-bond donors (Lipinski definition) is 1. The number of imidazole rings is 1. The minimum atomic E-state index is -0.440. The molecule has 1 aliphatic rings. The fourth-order valence-electron chi connectivity index (χ4n) is 3.43. The Morgan fingerprint density at radius 2 is 1.94 bits per heavy atom. The maximum absolute atomic E-state index is 12.7. The number of aryl methyl sites for hydroxylation is 2. The van der Waals surface area contributed by atoms with E-state index in [1.54, 1.807) is 11.6 Å². The lowest BCUT2D eigenvalue weighted by Gasteiger charge is -2.28. The van der Waals surface area contributed by atoms with Crippen LogP contribution in [0.5, 0.6) is 0 Å². The smallest absolute Gasteiger partial charge is 0.332 e. The zero-order chi connectivity index (χ0) is 25.1. The van der Waals surface area contributed by atoms with E-state index < -0.39 is 11.2 Å². The summed E-state index contributed by atoms with van der Waals surface area (Å²) in [5, 5.41) is 11.8. The van der Waals surface area contributed by atoms with Gasteiger partial charge in [-0.05, 0) is 18.7 Å². The third-order valence-electron chi connectivity index (χ3n) is 5.28. The number of anilines is 1. The van der Waals surface area contributed by atoms with Crippen molar-refractivity contribution in [3.05, 3.63) is 20.8 Å². The van der Waals surface area contributed by atoms with E-state index in [2.05, 4.69) is 25.4 Å². The van der Waals surface area contributed by atoms with Gasteiger partial charge >= 0.3 is 5.69 Å². The van der Waals surface area contributed by atoms with Gasteiger partial charge in [0, 0.05) is 45.9 Å². The maximum Gasteiger partial charge on any atom is 0.332 e. The molecule has 3 aromatic rings. The molecule has 0 radical (unpaired) electrons. The largest absolute Gasteiger partial charge is 0.378 e. The van der Waals surface area contributed by atoms with Gasteiger partial charge in [-0.1, -0.05) is 35.3 Å². The van der Waals surface area contributed by atoms with Gasteiger partial charge in [-0.3, -0.25) is 18.7 Å². The van der Waals surface area contributed by atoms with Crippen LogP contribution < -0.4 is 16.6 Å². The zero-order valence-corrected chi connectivity index (χ0v) is 22.6. The van der Waals surface area contributed by atoms with Crippen LogP contribution in [0, 0.1) is 0 Å². The van der Waals surface area contributed by atoms with Crippen molar-refractivity contribution in [1.29, 1.82) is 0 Å². The van der Waals surface area contributed by atoms with Gasteiger partial charge in [-0.15, -0.1) is 10.2 Å².